The van der Waals surface area contributed by atoms with Crippen LogP contribution in [-0.4, -0.2) is 5.54 Å². The molecule has 2 rings (SSSR count). The molecular weight excluding hydrogens is 232 g/mol. The van der Waals surface area contributed by atoms with Crippen LogP contribution in [0.1, 0.15) is 25.8 Å². The van der Waals surface area contributed by atoms with E-state index in [0.29, 0.717) is 0 Å². The lowest BCUT2D eigenvalue weighted by Crippen LogP contribution is -2.31. The van der Waals surface area contributed by atoms with Crippen molar-refractivity contribution in [3.05, 3.63) is 60.2 Å². The van der Waals surface area contributed by atoms with Crippen LogP contribution in [0.2, 0.25) is 0 Å². The second-order valence-electron chi connectivity index (χ2n) is 5.58. The number of anilines is 2. The fourth-order valence-electron chi connectivity index (χ4n) is 2.14. The molecule has 0 unspecified atom stereocenters. The molecule has 0 aliphatic rings. The van der Waals surface area contributed by atoms with Crippen molar-refractivity contribution in [2.24, 2.45) is 0 Å². The van der Waals surface area contributed by atoms with Crippen molar-refractivity contribution >= 4 is 11.4 Å². The number of aryl methyl sites for hydroxylation is 1. The zero-order valence-corrected chi connectivity index (χ0v) is 11.7. The van der Waals surface area contributed by atoms with E-state index in [1.165, 1.54) is 5.56 Å². The summed E-state index contributed by atoms with van der Waals surface area (Å²) in [5.41, 5.74) is 9.18. The predicted octanol–water partition coefficient (Wildman–Crippen LogP) is 4.09. The van der Waals surface area contributed by atoms with Gasteiger partial charge in [0.15, 0.2) is 0 Å². The number of hydrogen-bond acceptors (Lipinski definition) is 2. The minimum Gasteiger partial charge on any atom is -0.397 e. The maximum absolute atomic E-state index is 5.97. The normalized spacial score (nSPS) is 11.3. The summed E-state index contributed by atoms with van der Waals surface area (Å²) in [7, 11) is 0. The predicted molar refractivity (Wildman–Crippen MR) is 83.3 cm³/mol. The third-order valence-electron chi connectivity index (χ3n) is 3.32. The number of nitrogens with one attached hydrogen (secondary N) is 1. The highest BCUT2D eigenvalue weighted by molar-refractivity contribution is 5.66. The van der Waals surface area contributed by atoms with Crippen molar-refractivity contribution in [3.63, 3.8) is 0 Å². The van der Waals surface area contributed by atoms with Crippen molar-refractivity contribution in [2.75, 3.05) is 11.1 Å². The van der Waals surface area contributed by atoms with E-state index in [4.69, 9.17) is 5.73 Å². The molecule has 0 amide bonds. The van der Waals surface area contributed by atoms with Gasteiger partial charge in [-0.25, -0.2) is 0 Å². The molecule has 2 heteroatoms. The third kappa shape index (κ3) is 4.02. The van der Waals surface area contributed by atoms with Gasteiger partial charge in [-0.15, -0.1) is 0 Å². The standard InChI is InChI=1S/C17H22N2/c1-17(2,13-12-14-8-4-3-5-9-14)19-16-11-7-6-10-15(16)18/h3-11,19H,12-13,18H2,1-2H3. The molecule has 2 aromatic carbocycles. The molecule has 19 heavy (non-hydrogen) atoms. The number of benzene rings is 2. The Kier molecular flexibility index (Phi) is 4.10. The van der Waals surface area contributed by atoms with E-state index in [0.717, 1.165) is 24.2 Å². The zero-order valence-electron chi connectivity index (χ0n) is 11.7. The minimum atomic E-state index is 0.0192. The van der Waals surface area contributed by atoms with Crippen molar-refractivity contribution < 1.29 is 0 Å². The first-order valence-corrected chi connectivity index (χ1v) is 6.73. The van der Waals surface area contributed by atoms with Crippen LogP contribution >= 0.6 is 0 Å². The average Bonchev–Trinajstić information content (AvgIpc) is 2.40. The first-order chi connectivity index (χ1) is 9.07. The van der Waals surface area contributed by atoms with Crippen LogP contribution in [0.15, 0.2) is 54.6 Å². The minimum absolute atomic E-state index is 0.0192. The first-order valence-electron chi connectivity index (χ1n) is 6.73. The summed E-state index contributed by atoms with van der Waals surface area (Å²) in [6, 6.07) is 18.5. The van der Waals surface area contributed by atoms with E-state index in [9.17, 15) is 0 Å². The molecular formula is C17H22N2. The van der Waals surface area contributed by atoms with Crippen molar-refractivity contribution in [2.45, 2.75) is 32.2 Å². The Labute approximate surface area is 115 Å². The van der Waals surface area contributed by atoms with Crippen molar-refractivity contribution in [1.82, 2.24) is 0 Å². The molecule has 0 fully saturated rings. The molecule has 0 bridgehead atoms. The number of rotatable bonds is 5. The molecule has 0 aliphatic carbocycles. The fourth-order valence-corrected chi connectivity index (χ4v) is 2.14. The van der Waals surface area contributed by atoms with Crippen LogP contribution in [0.3, 0.4) is 0 Å². The zero-order chi connectivity index (χ0) is 13.7. The molecule has 0 heterocycles. The van der Waals surface area contributed by atoms with Crippen LogP contribution in [0.25, 0.3) is 0 Å². The van der Waals surface area contributed by atoms with Crippen molar-refractivity contribution in [1.29, 1.82) is 0 Å². The number of nitrogens with two attached hydrogens (primary N) is 1. The Balaban J connectivity index is 1.97. The molecule has 100 valence electrons. The topological polar surface area (TPSA) is 38.0 Å². The van der Waals surface area contributed by atoms with E-state index in [2.05, 4.69) is 49.5 Å². The lowest BCUT2D eigenvalue weighted by molar-refractivity contribution is 0.519. The van der Waals surface area contributed by atoms with Crippen LogP contribution in [-0.2, 0) is 6.42 Å². The summed E-state index contributed by atoms with van der Waals surface area (Å²) >= 11 is 0. The van der Waals surface area contributed by atoms with Gasteiger partial charge in [0, 0.05) is 5.54 Å². The lowest BCUT2D eigenvalue weighted by Gasteiger charge is -2.28. The third-order valence-corrected chi connectivity index (χ3v) is 3.32. The van der Waals surface area contributed by atoms with Crippen molar-refractivity contribution in [3.8, 4) is 0 Å². The van der Waals surface area contributed by atoms with Crippen LogP contribution in [0, 0.1) is 0 Å². The van der Waals surface area contributed by atoms with E-state index in [1.807, 2.05) is 24.3 Å². The summed E-state index contributed by atoms with van der Waals surface area (Å²) in [5, 5.41) is 3.53. The molecule has 2 aromatic rings. The van der Waals surface area contributed by atoms with Gasteiger partial charge >= 0.3 is 0 Å². The molecule has 0 saturated carbocycles. The summed E-state index contributed by atoms with van der Waals surface area (Å²) in [6.45, 7) is 4.42. The smallest absolute Gasteiger partial charge is 0.0577 e. The highest BCUT2D eigenvalue weighted by Gasteiger charge is 2.18. The maximum Gasteiger partial charge on any atom is 0.0577 e. The Morgan fingerprint density at radius 2 is 1.58 bits per heavy atom. The molecule has 0 saturated heterocycles. The monoisotopic (exact) mass is 254 g/mol. The number of nitrogen functional groups attached to an aromatic ring is 1. The summed E-state index contributed by atoms with van der Waals surface area (Å²) < 4.78 is 0. The molecule has 0 spiro atoms. The molecule has 0 atom stereocenters. The largest absolute Gasteiger partial charge is 0.397 e. The van der Waals surface area contributed by atoms with Crippen LogP contribution in [0.5, 0.6) is 0 Å². The molecule has 0 aliphatic heterocycles. The molecule has 2 nitrogen and oxygen atoms in total. The quantitative estimate of drug-likeness (QED) is 0.789. The first kappa shape index (κ1) is 13.5. The Morgan fingerprint density at radius 1 is 0.947 bits per heavy atom. The van der Waals surface area contributed by atoms with Gasteiger partial charge in [-0.2, -0.15) is 0 Å². The fraction of sp³-hybridized carbons (Fsp3) is 0.294. The highest BCUT2D eigenvalue weighted by atomic mass is 15.0. The Bertz CT molecular complexity index is 518. The van der Waals surface area contributed by atoms with Crippen LogP contribution in [0.4, 0.5) is 11.4 Å². The number of para-hydroxylation sites is 2. The molecule has 0 radical (unpaired) electrons. The van der Waals surface area contributed by atoms with Gasteiger partial charge in [-0.3, -0.25) is 0 Å². The molecule has 0 aromatic heterocycles. The maximum atomic E-state index is 5.97. The van der Waals surface area contributed by atoms with Gasteiger partial charge in [0.25, 0.3) is 0 Å². The second-order valence-corrected chi connectivity index (χ2v) is 5.58. The van der Waals surface area contributed by atoms with Gasteiger partial charge in [0.1, 0.15) is 0 Å². The number of hydrogen-bond donors (Lipinski definition) is 2. The van der Waals surface area contributed by atoms with E-state index >= 15 is 0 Å². The van der Waals surface area contributed by atoms with E-state index in [1.54, 1.807) is 0 Å². The van der Waals surface area contributed by atoms with Gasteiger partial charge in [0.2, 0.25) is 0 Å². The second kappa shape index (κ2) is 5.79. The van der Waals surface area contributed by atoms with Gasteiger partial charge in [-0.05, 0) is 44.4 Å². The van der Waals surface area contributed by atoms with Gasteiger partial charge in [0.05, 0.1) is 11.4 Å². The summed E-state index contributed by atoms with van der Waals surface area (Å²) in [6.07, 6.45) is 2.12. The molecule has 3 N–H and O–H groups in total. The van der Waals surface area contributed by atoms with Gasteiger partial charge < -0.3 is 11.1 Å². The van der Waals surface area contributed by atoms with E-state index in [-0.39, 0.29) is 5.54 Å². The summed E-state index contributed by atoms with van der Waals surface area (Å²) in [5.74, 6) is 0. The Hall–Kier alpha value is -1.96. The highest BCUT2D eigenvalue weighted by Crippen LogP contribution is 2.24. The van der Waals surface area contributed by atoms with Gasteiger partial charge in [-0.1, -0.05) is 42.5 Å². The Morgan fingerprint density at radius 3 is 2.26 bits per heavy atom. The summed E-state index contributed by atoms with van der Waals surface area (Å²) in [4.78, 5) is 0. The van der Waals surface area contributed by atoms with Crippen LogP contribution < -0.4 is 11.1 Å². The average molecular weight is 254 g/mol. The lowest BCUT2D eigenvalue weighted by atomic mass is 9.95. The SMILES string of the molecule is CC(C)(CCc1ccccc1)Nc1ccccc1N. The van der Waals surface area contributed by atoms with E-state index < -0.39 is 0 Å².